The zero-order valence-electron chi connectivity index (χ0n) is 15.8. The van der Waals surface area contributed by atoms with Crippen molar-refractivity contribution in [2.45, 2.75) is 40.2 Å². The second kappa shape index (κ2) is 7.24. The summed E-state index contributed by atoms with van der Waals surface area (Å²) in [7, 11) is 0. The van der Waals surface area contributed by atoms with Gasteiger partial charge in [0.15, 0.2) is 5.78 Å². The van der Waals surface area contributed by atoms with Crippen LogP contribution in [0.15, 0.2) is 59.3 Å². The number of nitrogens with zero attached hydrogens (tertiary/aromatic N) is 2. The first kappa shape index (κ1) is 18.1. The van der Waals surface area contributed by atoms with E-state index in [2.05, 4.69) is 36.8 Å². The lowest BCUT2D eigenvalue weighted by Gasteiger charge is -2.15. The van der Waals surface area contributed by atoms with Gasteiger partial charge >= 0.3 is 0 Å². The van der Waals surface area contributed by atoms with Crippen molar-refractivity contribution in [3.05, 3.63) is 65.4 Å². The summed E-state index contributed by atoms with van der Waals surface area (Å²) in [5.41, 5.74) is 5.29. The molecule has 0 unspecified atom stereocenters. The number of carbonyl (C=O) groups excluding carboxylic acids is 1. The Morgan fingerprint density at radius 3 is 2.73 bits per heavy atom. The molecule has 4 heteroatoms. The van der Waals surface area contributed by atoms with Crippen molar-refractivity contribution in [2.24, 2.45) is 10.9 Å². The first-order valence-electron chi connectivity index (χ1n) is 9.04. The molecule has 0 bridgehead atoms. The van der Waals surface area contributed by atoms with E-state index in [0.717, 1.165) is 33.9 Å². The number of hydrogen-bond donors (Lipinski definition) is 1. The highest BCUT2D eigenvalue weighted by Crippen LogP contribution is 2.35. The van der Waals surface area contributed by atoms with Crippen LogP contribution in [0.1, 0.15) is 45.2 Å². The van der Waals surface area contributed by atoms with E-state index in [1.165, 1.54) is 0 Å². The van der Waals surface area contributed by atoms with Crippen molar-refractivity contribution in [3.8, 4) is 0 Å². The van der Waals surface area contributed by atoms with Gasteiger partial charge in [-0.05, 0) is 38.0 Å². The van der Waals surface area contributed by atoms with Gasteiger partial charge in [0.05, 0.1) is 17.0 Å². The maximum Gasteiger partial charge on any atom is 0.165 e. The summed E-state index contributed by atoms with van der Waals surface area (Å²) in [6, 6.07) is 2.20. The van der Waals surface area contributed by atoms with Crippen LogP contribution >= 0.6 is 0 Å². The van der Waals surface area contributed by atoms with Crippen LogP contribution in [0.2, 0.25) is 0 Å². The second-order valence-electron chi connectivity index (χ2n) is 7.23. The molecule has 1 aliphatic heterocycles. The molecule has 0 spiro atoms. The normalized spacial score (nSPS) is 16.2. The van der Waals surface area contributed by atoms with Crippen LogP contribution in [-0.2, 0) is 4.79 Å². The Morgan fingerprint density at radius 2 is 2.04 bits per heavy atom. The number of carbonyl (C=O) groups is 1. The number of allylic oxidation sites excluding steroid dienone is 6. The van der Waals surface area contributed by atoms with E-state index in [1.54, 1.807) is 6.20 Å². The van der Waals surface area contributed by atoms with Gasteiger partial charge in [-0.25, -0.2) is 9.98 Å². The van der Waals surface area contributed by atoms with E-state index in [-0.39, 0.29) is 17.7 Å². The average molecular weight is 347 g/mol. The molecule has 1 aromatic heterocycles. The third kappa shape index (κ3) is 3.45. The molecule has 0 radical (unpaired) electrons. The Balaban J connectivity index is 2.08. The number of rotatable bonds is 5. The quantitative estimate of drug-likeness (QED) is 0.839. The van der Waals surface area contributed by atoms with E-state index < -0.39 is 0 Å². The average Bonchev–Trinajstić information content (AvgIpc) is 2.78. The van der Waals surface area contributed by atoms with E-state index >= 15 is 0 Å². The summed E-state index contributed by atoms with van der Waals surface area (Å²) >= 11 is 0. The number of ketones is 1. The topological polar surface area (TPSA) is 54.4 Å². The number of Topliss-reactive ketones (excluding diaryl/α,β-unsaturated/α-hetero) is 1. The van der Waals surface area contributed by atoms with Gasteiger partial charge in [-0.15, -0.1) is 0 Å². The standard InChI is InChI=1S/C22H25N3O/c1-13(2)21(26)17-9-7-6-8-16(12-17)20-19-18(15(5)25-20)10-11-23-22(19)24-14(3)4/h6-7,9-14H,5,8H2,1-4H3,(H,23,24). The third-order valence-electron chi connectivity index (χ3n) is 4.36. The monoisotopic (exact) mass is 347 g/mol. The fourth-order valence-corrected chi connectivity index (χ4v) is 3.12. The van der Waals surface area contributed by atoms with Crippen LogP contribution in [0.5, 0.6) is 0 Å². The van der Waals surface area contributed by atoms with Crippen LogP contribution in [-0.4, -0.2) is 22.5 Å². The van der Waals surface area contributed by atoms with E-state index in [9.17, 15) is 4.79 Å². The summed E-state index contributed by atoms with van der Waals surface area (Å²) in [5.74, 6) is 0.904. The third-order valence-corrected chi connectivity index (χ3v) is 4.36. The van der Waals surface area contributed by atoms with Gasteiger partial charge in [-0.1, -0.05) is 38.7 Å². The van der Waals surface area contributed by atoms with Gasteiger partial charge in [0.2, 0.25) is 0 Å². The molecule has 1 aromatic rings. The molecule has 26 heavy (non-hydrogen) atoms. The number of hydrogen-bond acceptors (Lipinski definition) is 4. The summed E-state index contributed by atoms with van der Waals surface area (Å²) in [5, 5.41) is 3.40. The van der Waals surface area contributed by atoms with Crippen molar-refractivity contribution in [2.75, 3.05) is 5.32 Å². The minimum Gasteiger partial charge on any atom is -0.367 e. The molecule has 4 nitrogen and oxygen atoms in total. The van der Waals surface area contributed by atoms with Crippen LogP contribution in [0.3, 0.4) is 0 Å². The Labute approximate surface area is 155 Å². The van der Waals surface area contributed by atoms with E-state index in [1.807, 2.05) is 38.1 Å². The summed E-state index contributed by atoms with van der Waals surface area (Å²) < 4.78 is 0. The highest BCUT2D eigenvalue weighted by Gasteiger charge is 2.27. The maximum atomic E-state index is 12.5. The lowest BCUT2D eigenvalue weighted by atomic mass is 9.94. The summed E-state index contributed by atoms with van der Waals surface area (Å²) in [6.07, 6.45) is 10.4. The molecule has 3 rings (SSSR count). The van der Waals surface area contributed by atoms with Gasteiger partial charge in [0.25, 0.3) is 0 Å². The van der Waals surface area contributed by atoms with E-state index in [4.69, 9.17) is 4.99 Å². The van der Waals surface area contributed by atoms with Crippen molar-refractivity contribution >= 4 is 23.0 Å². The second-order valence-corrected chi connectivity index (χ2v) is 7.23. The van der Waals surface area contributed by atoms with Gasteiger partial charge in [0, 0.05) is 29.3 Å². The molecule has 1 N–H and O–H groups in total. The molecule has 134 valence electrons. The van der Waals surface area contributed by atoms with Crippen LogP contribution in [0.4, 0.5) is 5.82 Å². The lowest BCUT2D eigenvalue weighted by molar-refractivity contribution is -0.117. The van der Waals surface area contributed by atoms with Crippen molar-refractivity contribution < 1.29 is 4.79 Å². The van der Waals surface area contributed by atoms with Gasteiger partial charge < -0.3 is 5.32 Å². The Hall–Kier alpha value is -2.75. The molecule has 2 aliphatic rings. The predicted molar refractivity (Wildman–Crippen MR) is 108 cm³/mol. The highest BCUT2D eigenvalue weighted by atomic mass is 16.1. The molecular formula is C22H25N3O. The van der Waals surface area contributed by atoms with E-state index in [0.29, 0.717) is 12.0 Å². The Bertz CT molecular complexity index is 883. The minimum atomic E-state index is -0.0437. The first-order chi connectivity index (χ1) is 12.4. The SMILES string of the molecule is C=C1N=C(C2=CC(C(=O)C(C)C)=CC=CC2)c2c1ccnc2NC(C)C. The van der Waals surface area contributed by atoms with Crippen LogP contribution in [0, 0.1) is 5.92 Å². The Kier molecular flexibility index (Phi) is 5.03. The van der Waals surface area contributed by atoms with Crippen molar-refractivity contribution in [3.63, 3.8) is 0 Å². The molecule has 0 atom stereocenters. The zero-order chi connectivity index (χ0) is 18.8. The number of aromatic nitrogens is 1. The zero-order valence-corrected chi connectivity index (χ0v) is 15.8. The molecule has 0 saturated carbocycles. The molecule has 0 amide bonds. The fraction of sp³-hybridized carbons (Fsp3) is 0.318. The first-order valence-corrected chi connectivity index (χ1v) is 9.04. The lowest BCUT2D eigenvalue weighted by Crippen LogP contribution is -2.16. The van der Waals surface area contributed by atoms with Crippen molar-refractivity contribution in [1.82, 2.24) is 4.98 Å². The smallest absolute Gasteiger partial charge is 0.165 e. The molecule has 0 fully saturated rings. The molecule has 0 aromatic carbocycles. The number of pyridine rings is 1. The van der Waals surface area contributed by atoms with Crippen molar-refractivity contribution in [1.29, 1.82) is 0 Å². The molecular weight excluding hydrogens is 322 g/mol. The predicted octanol–water partition coefficient (Wildman–Crippen LogP) is 4.71. The fourth-order valence-electron chi connectivity index (χ4n) is 3.12. The molecule has 2 heterocycles. The van der Waals surface area contributed by atoms with Gasteiger partial charge in [-0.3, -0.25) is 4.79 Å². The largest absolute Gasteiger partial charge is 0.367 e. The molecule has 1 aliphatic carbocycles. The summed E-state index contributed by atoms with van der Waals surface area (Å²) in [6.45, 7) is 12.1. The minimum absolute atomic E-state index is 0.0437. The van der Waals surface area contributed by atoms with Gasteiger partial charge in [-0.2, -0.15) is 0 Å². The highest BCUT2D eigenvalue weighted by molar-refractivity contribution is 6.23. The Morgan fingerprint density at radius 1 is 1.27 bits per heavy atom. The number of fused-ring (bicyclic) bond motifs is 1. The molecule has 0 saturated heterocycles. The number of aliphatic imine (C=N–C) groups is 1. The van der Waals surface area contributed by atoms with Crippen LogP contribution < -0.4 is 5.32 Å². The van der Waals surface area contributed by atoms with Gasteiger partial charge in [0.1, 0.15) is 5.82 Å². The van der Waals surface area contributed by atoms with Crippen LogP contribution in [0.25, 0.3) is 5.70 Å². The number of anilines is 1. The maximum absolute atomic E-state index is 12.5. The summed E-state index contributed by atoms with van der Waals surface area (Å²) in [4.78, 5) is 21.8. The number of nitrogens with one attached hydrogen (secondary N) is 1.